The number of Topliss-reactive ketones (excluding diaryl/α,β-unsaturated/α-hetero) is 1. The van der Waals surface area contributed by atoms with E-state index in [0.29, 0.717) is 17.1 Å². The van der Waals surface area contributed by atoms with Gasteiger partial charge in [0.05, 0.1) is 19.8 Å². The molecule has 1 fully saturated rings. The van der Waals surface area contributed by atoms with Gasteiger partial charge in [0.2, 0.25) is 0 Å². The predicted octanol–water partition coefficient (Wildman–Crippen LogP) is 4.37. The molecular formula is C25H22FNO6. The zero-order valence-electron chi connectivity index (χ0n) is 18.3. The van der Waals surface area contributed by atoms with Gasteiger partial charge in [0.15, 0.2) is 0 Å². The molecule has 2 aromatic carbocycles. The minimum absolute atomic E-state index is 0.00903. The van der Waals surface area contributed by atoms with E-state index in [-0.39, 0.29) is 29.2 Å². The third kappa shape index (κ3) is 3.95. The van der Waals surface area contributed by atoms with E-state index in [9.17, 15) is 19.1 Å². The van der Waals surface area contributed by atoms with E-state index in [2.05, 4.69) is 0 Å². The first-order valence-corrected chi connectivity index (χ1v) is 10.2. The van der Waals surface area contributed by atoms with Crippen molar-refractivity contribution in [2.75, 3.05) is 14.2 Å². The SMILES string of the molecule is COc1cccc(OC)c1/C(O)=C1\C(=O)C(=O)N(Cc2ccc(F)cc2)C1c1ccc(C)o1. The number of aliphatic hydroxyl groups excluding tert-OH is 1. The van der Waals surface area contributed by atoms with Gasteiger partial charge in [0, 0.05) is 6.54 Å². The van der Waals surface area contributed by atoms with Crippen LogP contribution in [-0.4, -0.2) is 35.9 Å². The average molecular weight is 451 g/mol. The Bertz CT molecular complexity index is 1220. The zero-order chi connectivity index (χ0) is 23.7. The maximum Gasteiger partial charge on any atom is 0.296 e. The summed E-state index contributed by atoms with van der Waals surface area (Å²) in [6.45, 7) is 1.74. The van der Waals surface area contributed by atoms with Gasteiger partial charge in [-0.05, 0) is 48.9 Å². The quantitative estimate of drug-likeness (QED) is 0.340. The molecule has 1 aliphatic heterocycles. The standard InChI is InChI=1S/C25H22FNO6/c1-14-7-12-19(33-14)22-21(23(28)20-17(31-2)5-4-6-18(20)32-3)24(29)25(30)27(22)13-15-8-10-16(26)11-9-15/h4-12,22,28H,13H2,1-3H3/b23-21+. The maximum absolute atomic E-state index is 13.4. The minimum atomic E-state index is -1.00. The largest absolute Gasteiger partial charge is 0.506 e. The van der Waals surface area contributed by atoms with E-state index >= 15 is 0 Å². The number of hydrogen-bond donors (Lipinski definition) is 1. The number of ether oxygens (including phenoxy) is 2. The number of methoxy groups -OCH3 is 2. The van der Waals surface area contributed by atoms with E-state index in [1.165, 1.54) is 43.4 Å². The molecule has 0 spiro atoms. The first kappa shape index (κ1) is 22.1. The number of furan rings is 1. The van der Waals surface area contributed by atoms with Gasteiger partial charge in [-0.3, -0.25) is 9.59 Å². The second-order valence-electron chi connectivity index (χ2n) is 7.54. The van der Waals surface area contributed by atoms with Gasteiger partial charge in [-0.1, -0.05) is 18.2 Å². The molecule has 0 bridgehead atoms. The molecule has 0 aliphatic carbocycles. The Morgan fingerprint density at radius 2 is 1.67 bits per heavy atom. The van der Waals surface area contributed by atoms with Crippen LogP contribution in [0.15, 0.2) is 64.6 Å². The number of carbonyl (C=O) groups excluding carboxylic acids is 2. The molecule has 8 heteroatoms. The second kappa shape index (κ2) is 8.82. The van der Waals surface area contributed by atoms with Crippen molar-refractivity contribution < 1.29 is 33.0 Å². The lowest BCUT2D eigenvalue weighted by Crippen LogP contribution is -2.29. The average Bonchev–Trinajstić information content (AvgIpc) is 3.35. The number of aliphatic hydroxyl groups is 1. The molecule has 7 nitrogen and oxygen atoms in total. The molecule has 0 saturated carbocycles. The fourth-order valence-corrected chi connectivity index (χ4v) is 3.95. The van der Waals surface area contributed by atoms with Crippen molar-refractivity contribution >= 4 is 17.4 Å². The molecule has 1 N–H and O–H groups in total. The van der Waals surface area contributed by atoms with E-state index in [1.807, 2.05) is 0 Å². The highest BCUT2D eigenvalue weighted by atomic mass is 19.1. The van der Waals surface area contributed by atoms with Crippen molar-refractivity contribution in [1.29, 1.82) is 0 Å². The summed E-state index contributed by atoms with van der Waals surface area (Å²) < 4.78 is 29.9. The van der Waals surface area contributed by atoms with Gasteiger partial charge in [-0.25, -0.2) is 4.39 Å². The van der Waals surface area contributed by atoms with Gasteiger partial charge < -0.3 is 23.9 Å². The number of nitrogens with zero attached hydrogens (tertiary/aromatic N) is 1. The van der Waals surface area contributed by atoms with Crippen molar-refractivity contribution in [3.8, 4) is 11.5 Å². The van der Waals surface area contributed by atoms with Crippen molar-refractivity contribution in [3.05, 3.63) is 88.6 Å². The molecule has 1 unspecified atom stereocenters. The Morgan fingerprint density at radius 1 is 1.03 bits per heavy atom. The molecule has 1 aliphatic rings. The number of aryl methyl sites for hydroxylation is 1. The fraction of sp³-hybridized carbons (Fsp3) is 0.200. The van der Waals surface area contributed by atoms with Gasteiger partial charge in [0.1, 0.15) is 46.2 Å². The van der Waals surface area contributed by atoms with Crippen molar-refractivity contribution in [2.24, 2.45) is 0 Å². The molecule has 4 rings (SSSR count). The van der Waals surface area contributed by atoms with Gasteiger partial charge in [0.25, 0.3) is 11.7 Å². The Balaban J connectivity index is 1.90. The van der Waals surface area contributed by atoms with Crippen LogP contribution in [0.4, 0.5) is 4.39 Å². The molecule has 1 atom stereocenters. The summed E-state index contributed by atoms with van der Waals surface area (Å²) in [5.41, 5.74) is 0.608. The predicted molar refractivity (Wildman–Crippen MR) is 117 cm³/mol. The Labute approximate surface area is 189 Å². The van der Waals surface area contributed by atoms with Gasteiger partial charge in [-0.15, -0.1) is 0 Å². The summed E-state index contributed by atoms with van der Waals surface area (Å²) in [7, 11) is 2.85. The number of benzene rings is 2. The molecule has 170 valence electrons. The first-order chi connectivity index (χ1) is 15.8. The number of likely N-dealkylation sites (tertiary alicyclic amines) is 1. The van der Waals surface area contributed by atoms with Gasteiger partial charge >= 0.3 is 0 Å². The van der Waals surface area contributed by atoms with Crippen LogP contribution < -0.4 is 9.47 Å². The number of ketones is 1. The minimum Gasteiger partial charge on any atom is -0.506 e. The maximum atomic E-state index is 13.4. The number of halogens is 1. The van der Waals surface area contributed by atoms with Gasteiger partial charge in [-0.2, -0.15) is 0 Å². The smallest absolute Gasteiger partial charge is 0.296 e. The summed E-state index contributed by atoms with van der Waals surface area (Å²) in [6.07, 6.45) is 0. The van der Waals surface area contributed by atoms with E-state index in [0.717, 1.165) is 0 Å². The van der Waals surface area contributed by atoms with Crippen LogP contribution >= 0.6 is 0 Å². The molecule has 1 aromatic heterocycles. The molecule has 33 heavy (non-hydrogen) atoms. The van der Waals surface area contributed by atoms with E-state index < -0.39 is 29.3 Å². The van der Waals surface area contributed by atoms with Crippen LogP contribution in [0.2, 0.25) is 0 Å². The summed E-state index contributed by atoms with van der Waals surface area (Å²) in [4.78, 5) is 27.5. The van der Waals surface area contributed by atoms with Crippen LogP contribution in [0.1, 0.15) is 28.7 Å². The molecule has 1 saturated heterocycles. The topological polar surface area (TPSA) is 89.2 Å². The fourth-order valence-electron chi connectivity index (χ4n) is 3.95. The highest BCUT2D eigenvalue weighted by Crippen LogP contribution is 2.44. The van der Waals surface area contributed by atoms with E-state index in [1.54, 1.807) is 37.3 Å². The monoisotopic (exact) mass is 451 g/mol. The molecule has 1 amide bonds. The second-order valence-corrected chi connectivity index (χ2v) is 7.54. The van der Waals surface area contributed by atoms with Crippen LogP contribution in [-0.2, 0) is 16.1 Å². The number of amides is 1. The molecule has 2 heterocycles. The molecule has 3 aromatic rings. The number of hydrogen-bond acceptors (Lipinski definition) is 6. The number of carbonyl (C=O) groups is 2. The van der Waals surface area contributed by atoms with Crippen molar-refractivity contribution in [3.63, 3.8) is 0 Å². The summed E-state index contributed by atoms with van der Waals surface area (Å²) in [5, 5.41) is 11.3. The highest BCUT2D eigenvalue weighted by molar-refractivity contribution is 6.46. The van der Waals surface area contributed by atoms with Crippen LogP contribution in [0.5, 0.6) is 11.5 Å². The lowest BCUT2D eigenvalue weighted by atomic mass is 9.98. The Hall–Kier alpha value is -4.07. The normalized spacial score (nSPS) is 17.5. The third-order valence-electron chi connectivity index (χ3n) is 5.50. The first-order valence-electron chi connectivity index (χ1n) is 10.2. The Morgan fingerprint density at radius 3 is 2.21 bits per heavy atom. The number of rotatable bonds is 6. The summed E-state index contributed by atoms with van der Waals surface area (Å²) >= 11 is 0. The van der Waals surface area contributed by atoms with Crippen molar-refractivity contribution in [1.82, 2.24) is 4.90 Å². The van der Waals surface area contributed by atoms with Crippen LogP contribution in [0, 0.1) is 12.7 Å². The lowest BCUT2D eigenvalue weighted by molar-refractivity contribution is -0.140. The summed E-state index contributed by atoms with van der Waals surface area (Å²) in [6, 6.07) is 12.9. The third-order valence-corrected chi connectivity index (χ3v) is 5.50. The molecular weight excluding hydrogens is 429 g/mol. The van der Waals surface area contributed by atoms with Crippen LogP contribution in [0.25, 0.3) is 5.76 Å². The lowest BCUT2D eigenvalue weighted by Gasteiger charge is -2.23. The summed E-state index contributed by atoms with van der Waals surface area (Å²) in [5.74, 6) is -1.12. The van der Waals surface area contributed by atoms with E-state index in [4.69, 9.17) is 13.9 Å². The highest BCUT2D eigenvalue weighted by Gasteiger charge is 2.48. The Kier molecular flexibility index (Phi) is 5.91. The van der Waals surface area contributed by atoms with Crippen LogP contribution in [0.3, 0.4) is 0 Å². The van der Waals surface area contributed by atoms with Crippen molar-refractivity contribution in [2.45, 2.75) is 19.5 Å². The molecule has 0 radical (unpaired) electrons. The zero-order valence-corrected chi connectivity index (χ0v) is 18.3.